The highest BCUT2D eigenvalue weighted by Crippen LogP contribution is 2.54. The fraction of sp³-hybridized carbons (Fsp3) is 0.0833. The van der Waals surface area contributed by atoms with Crippen LogP contribution in [0.15, 0.2) is 315 Å². The highest BCUT2D eigenvalue weighted by atomic mass is 14.4. The van der Waals surface area contributed by atoms with Gasteiger partial charge in [0.05, 0.1) is 0 Å². The molecule has 0 spiro atoms. The van der Waals surface area contributed by atoms with Crippen molar-refractivity contribution in [1.82, 2.24) is 0 Å². The van der Waals surface area contributed by atoms with E-state index in [0.29, 0.717) is 0 Å². The van der Waals surface area contributed by atoms with Crippen LogP contribution >= 0.6 is 0 Å². The van der Waals surface area contributed by atoms with Crippen LogP contribution in [0.2, 0.25) is 0 Å². The van der Waals surface area contributed by atoms with Crippen molar-refractivity contribution in [3.05, 3.63) is 349 Å². The number of fused-ring (bicyclic) bond motifs is 13. The molecule has 0 aromatic heterocycles. The topological polar surface area (TPSA) is 0 Å². The van der Waals surface area contributed by atoms with Crippen molar-refractivity contribution in [3.63, 3.8) is 0 Å². The van der Waals surface area contributed by atoms with E-state index < -0.39 is 0 Å². The Balaban J connectivity index is 0.000000141. The molecule has 2 aliphatic carbocycles. The molecule has 0 nitrogen and oxygen atoms in total. The SMILES string of the molecule is Cc1ccc2c(-c3ccc4cc(-c5cccc6ccccc56)ccc4c3)c3ccccc3c(-c3ccc4c(c3)C(C)(C)c3ccccc3-4)c2c1.Cc1ccc2c(-c3ccc4cc(-c5ccccc5)ccc4c3)c3ccccc3c(-c3ccc4c(c3)C(C)(C)c3ccccc3-4)c2c1. The first kappa shape index (κ1) is 57.2. The van der Waals surface area contributed by atoms with Gasteiger partial charge in [0.25, 0.3) is 0 Å². The summed E-state index contributed by atoms with van der Waals surface area (Å²) in [6.07, 6.45) is 0. The summed E-state index contributed by atoms with van der Waals surface area (Å²) in [5, 5.41) is 17.9. The number of aryl methyl sites for hydroxylation is 2. The maximum absolute atomic E-state index is 2.47. The zero-order valence-electron chi connectivity index (χ0n) is 55.0. The number of hydrogen-bond acceptors (Lipinski definition) is 0. The number of rotatable bonds is 6. The normalized spacial score (nSPS) is 13.3. The fourth-order valence-electron chi connectivity index (χ4n) is 16.8. The Morgan fingerprint density at radius 1 is 0.177 bits per heavy atom. The van der Waals surface area contributed by atoms with Gasteiger partial charge in [0, 0.05) is 10.8 Å². The van der Waals surface area contributed by atoms with Gasteiger partial charge in [-0.2, -0.15) is 0 Å². The lowest BCUT2D eigenvalue weighted by Gasteiger charge is -2.23. The summed E-state index contributed by atoms with van der Waals surface area (Å²) in [5.41, 5.74) is 28.8. The molecular formula is C96H70. The van der Waals surface area contributed by atoms with Crippen molar-refractivity contribution in [2.75, 3.05) is 0 Å². The Kier molecular flexibility index (Phi) is 13.2. The zero-order chi connectivity index (χ0) is 64.6. The first-order chi connectivity index (χ1) is 46.9. The lowest BCUT2D eigenvalue weighted by molar-refractivity contribution is 0.660. The van der Waals surface area contributed by atoms with Gasteiger partial charge >= 0.3 is 0 Å². The molecule has 0 saturated carbocycles. The first-order valence-electron chi connectivity index (χ1n) is 33.9. The van der Waals surface area contributed by atoms with Crippen LogP contribution in [0.4, 0.5) is 0 Å². The second-order valence-corrected chi connectivity index (χ2v) is 28.0. The minimum absolute atomic E-state index is 0.0468. The molecule has 19 rings (SSSR count). The van der Waals surface area contributed by atoms with Gasteiger partial charge in [-0.15, -0.1) is 0 Å². The molecule has 17 aromatic carbocycles. The quantitative estimate of drug-likeness (QED) is 0.146. The molecular weight excluding hydrogens is 1150 g/mol. The largest absolute Gasteiger partial charge is 0.0622 e. The molecule has 0 saturated heterocycles. The lowest BCUT2D eigenvalue weighted by Crippen LogP contribution is -2.14. The lowest BCUT2D eigenvalue weighted by atomic mass is 9.80. The van der Waals surface area contributed by atoms with Crippen LogP contribution in [0.1, 0.15) is 61.1 Å². The third kappa shape index (κ3) is 9.11. The van der Waals surface area contributed by atoms with Gasteiger partial charge < -0.3 is 0 Å². The van der Waals surface area contributed by atoms with Crippen LogP contribution in [0.5, 0.6) is 0 Å². The number of benzene rings is 17. The fourth-order valence-corrected chi connectivity index (χ4v) is 16.8. The summed E-state index contributed by atoms with van der Waals surface area (Å²) in [4.78, 5) is 0. The summed E-state index contributed by atoms with van der Waals surface area (Å²) in [6, 6.07) is 118. The van der Waals surface area contributed by atoms with Crippen molar-refractivity contribution >= 4 is 75.4 Å². The van der Waals surface area contributed by atoms with Crippen molar-refractivity contribution in [1.29, 1.82) is 0 Å². The summed E-state index contributed by atoms with van der Waals surface area (Å²) >= 11 is 0. The van der Waals surface area contributed by atoms with E-state index in [1.807, 2.05) is 0 Å². The molecule has 0 atom stereocenters. The van der Waals surface area contributed by atoms with Crippen molar-refractivity contribution in [2.24, 2.45) is 0 Å². The third-order valence-electron chi connectivity index (χ3n) is 21.6. The van der Waals surface area contributed by atoms with Gasteiger partial charge in [-0.1, -0.05) is 318 Å². The van der Waals surface area contributed by atoms with Gasteiger partial charge in [-0.3, -0.25) is 0 Å². The van der Waals surface area contributed by atoms with E-state index >= 15 is 0 Å². The van der Waals surface area contributed by atoms with Crippen molar-refractivity contribution in [3.8, 4) is 89.0 Å². The van der Waals surface area contributed by atoms with Crippen molar-refractivity contribution in [2.45, 2.75) is 52.4 Å². The van der Waals surface area contributed by atoms with Crippen LogP contribution < -0.4 is 0 Å². The summed E-state index contributed by atoms with van der Waals surface area (Å²) < 4.78 is 0. The van der Waals surface area contributed by atoms with Crippen LogP contribution in [0, 0.1) is 13.8 Å². The average molecular weight is 1220 g/mol. The molecule has 0 radical (unpaired) electrons. The molecule has 0 N–H and O–H groups in total. The molecule has 0 heteroatoms. The van der Waals surface area contributed by atoms with Crippen LogP contribution in [0.3, 0.4) is 0 Å². The molecule has 0 aliphatic heterocycles. The van der Waals surface area contributed by atoms with E-state index in [2.05, 4.69) is 357 Å². The molecule has 2 aliphatic rings. The molecule has 454 valence electrons. The third-order valence-corrected chi connectivity index (χ3v) is 21.6. The summed E-state index contributed by atoms with van der Waals surface area (Å²) in [7, 11) is 0. The number of hydrogen-bond donors (Lipinski definition) is 0. The van der Waals surface area contributed by atoms with Gasteiger partial charge in [0.1, 0.15) is 0 Å². The van der Waals surface area contributed by atoms with E-state index in [0.717, 1.165) is 0 Å². The van der Waals surface area contributed by atoms with E-state index in [1.165, 1.54) is 198 Å². The highest BCUT2D eigenvalue weighted by molar-refractivity contribution is 6.24. The minimum Gasteiger partial charge on any atom is -0.0622 e. The van der Waals surface area contributed by atoms with E-state index in [-0.39, 0.29) is 10.8 Å². The van der Waals surface area contributed by atoms with Gasteiger partial charge in [-0.05, 0) is 237 Å². The Hall–Kier alpha value is -11.4. The smallest absolute Gasteiger partial charge is 0.0159 e. The maximum atomic E-state index is 2.47. The standard InChI is InChI=1S/C50H36.C46H34/c1-31-19-25-44-45(27-31)49(37-24-26-41-40-14-8-9-18-46(40)50(2,3)47(41)30-37)43-16-7-6-15-42(43)48(44)36-23-21-33-28-35(22-20-34(33)29-36)39-17-10-12-32-11-4-5-13-38(32)39;1-29-17-23-40-41(25-29)45(35-22-24-37-36-13-9-10-16-42(36)46(2,3)43(37)28-35)39-15-8-7-14-38(39)44(40)34-21-20-32-26-31(18-19-33(32)27-34)30-11-5-4-6-12-30/h4-30H,1-3H3;4-28H,1-3H3. The Labute approximate surface area is 562 Å². The summed E-state index contributed by atoms with van der Waals surface area (Å²) in [5.74, 6) is 0. The molecule has 0 fully saturated rings. The van der Waals surface area contributed by atoms with Gasteiger partial charge in [0.15, 0.2) is 0 Å². The van der Waals surface area contributed by atoms with E-state index in [1.54, 1.807) is 0 Å². The maximum Gasteiger partial charge on any atom is 0.0159 e. The van der Waals surface area contributed by atoms with Gasteiger partial charge in [0.2, 0.25) is 0 Å². The second kappa shape index (κ2) is 22.1. The average Bonchev–Trinajstić information content (AvgIpc) is 1.16. The molecule has 17 aromatic rings. The molecule has 0 amide bonds. The first-order valence-corrected chi connectivity index (χ1v) is 33.9. The van der Waals surface area contributed by atoms with E-state index in [4.69, 9.17) is 0 Å². The van der Waals surface area contributed by atoms with Crippen LogP contribution in [-0.4, -0.2) is 0 Å². The Bertz CT molecular complexity index is 6080. The Morgan fingerprint density at radius 2 is 0.510 bits per heavy atom. The molecule has 0 bridgehead atoms. The second-order valence-electron chi connectivity index (χ2n) is 28.0. The predicted octanol–water partition coefficient (Wildman–Crippen LogP) is 26.7. The zero-order valence-corrected chi connectivity index (χ0v) is 55.0. The van der Waals surface area contributed by atoms with Gasteiger partial charge in [-0.25, -0.2) is 0 Å². The Morgan fingerprint density at radius 3 is 1.01 bits per heavy atom. The minimum atomic E-state index is -0.0536. The highest BCUT2D eigenvalue weighted by Gasteiger charge is 2.37. The van der Waals surface area contributed by atoms with E-state index in [9.17, 15) is 0 Å². The molecule has 0 unspecified atom stereocenters. The van der Waals surface area contributed by atoms with Crippen LogP contribution in [0.25, 0.3) is 164 Å². The molecule has 0 heterocycles. The van der Waals surface area contributed by atoms with Crippen molar-refractivity contribution < 1.29 is 0 Å². The summed E-state index contributed by atoms with van der Waals surface area (Å²) in [6.45, 7) is 13.9. The predicted molar refractivity (Wildman–Crippen MR) is 413 cm³/mol. The van der Waals surface area contributed by atoms with Crippen LogP contribution in [-0.2, 0) is 10.8 Å². The molecule has 96 heavy (non-hydrogen) atoms. The monoisotopic (exact) mass is 1220 g/mol.